The summed E-state index contributed by atoms with van der Waals surface area (Å²) in [7, 11) is 0. The van der Waals surface area contributed by atoms with Crippen LogP contribution in [0.4, 0.5) is 0 Å². The lowest BCUT2D eigenvalue weighted by atomic mass is 10.1. The normalized spacial score (nSPS) is 13.3. The topological polar surface area (TPSA) is 164 Å². The summed E-state index contributed by atoms with van der Waals surface area (Å²) < 4.78 is 0. The van der Waals surface area contributed by atoms with Crippen molar-refractivity contribution in [1.82, 2.24) is 15.3 Å². The van der Waals surface area contributed by atoms with Gasteiger partial charge >= 0.3 is 5.97 Å². The Bertz CT molecular complexity index is 522. The molecule has 1 rings (SSSR count). The number of nitrogens with two attached hydrogens (primary N) is 2. The molecule has 0 aliphatic carbocycles. The first-order valence-corrected chi connectivity index (χ1v) is 8.04. The van der Waals surface area contributed by atoms with E-state index in [0.717, 1.165) is 11.8 Å². The molecule has 0 fully saturated rings. The SMILES string of the molecule is NCCCC(=O)NC(Cc1cnc[nH]1)C(=O)SCC(N)C(=O)O. The summed E-state index contributed by atoms with van der Waals surface area (Å²) in [6.45, 7) is 0.384. The van der Waals surface area contributed by atoms with Crippen LogP contribution in [0.3, 0.4) is 0 Å². The first kappa shape index (κ1) is 19.1. The number of carbonyl (C=O) groups excluding carboxylic acids is 2. The molecule has 1 aromatic heterocycles. The number of thioether (sulfide) groups is 1. The fourth-order valence-corrected chi connectivity index (χ4v) is 2.51. The third-order valence-electron chi connectivity index (χ3n) is 2.93. The van der Waals surface area contributed by atoms with Gasteiger partial charge in [-0.25, -0.2) is 4.98 Å². The Morgan fingerprint density at radius 1 is 1.43 bits per heavy atom. The molecule has 1 amide bonds. The number of nitrogens with zero attached hydrogens (tertiary/aromatic N) is 1. The number of carboxylic acids is 1. The summed E-state index contributed by atoms with van der Waals surface area (Å²) in [5.41, 5.74) is 11.4. The van der Waals surface area contributed by atoms with Crippen molar-refractivity contribution in [2.24, 2.45) is 11.5 Å². The minimum absolute atomic E-state index is 0.0632. The smallest absolute Gasteiger partial charge is 0.321 e. The maximum atomic E-state index is 12.2. The van der Waals surface area contributed by atoms with E-state index < -0.39 is 18.1 Å². The lowest BCUT2D eigenvalue weighted by molar-refractivity contribution is -0.137. The van der Waals surface area contributed by atoms with Crippen molar-refractivity contribution in [3.8, 4) is 0 Å². The summed E-state index contributed by atoms with van der Waals surface area (Å²) in [6, 6.07) is -1.92. The molecule has 1 aromatic rings. The van der Waals surface area contributed by atoms with Crippen molar-refractivity contribution < 1.29 is 19.5 Å². The van der Waals surface area contributed by atoms with E-state index in [2.05, 4.69) is 15.3 Å². The van der Waals surface area contributed by atoms with Crippen LogP contribution in [-0.4, -0.2) is 56.4 Å². The van der Waals surface area contributed by atoms with Crippen LogP contribution in [0.5, 0.6) is 0 Å². The van der Waals surface area contributed by atoms with Gasteiger partial charge in [-0.1, -0.05) is 11.8 Å². The molecular weight excluding hydrogens is 322 g/mol. The zero-order valence-corrected chi connectivity index (χ0v) is 13.3. The van der Waals surface area contributed by atoms with Gasteiger partial charge < -0.3 is 26.9 Å². The van der Waals surface area contributed by atoms with Gasteiger partial charge in [0.15, 0.2) is 0 Å². The molecule has 2 atom stereocenters. The van der Waals surface area contributed by atoms with Crippen LogP contribution >= 0.6 is 11.8 Å². The van der Waals surface area contributed by atoms with Crippen LogP contribution in [-0.2, 0) is 20.8 Å². The van der Waals surface area contributed by atoms with Crippen molar-refractivity contribution in [1.29, 1.82) is 0 Å². The van der Waals surface area contributed by atoms with Crippen molar-refractivity contribution in [3.63, 3.8) is 0 Å². The molecule has 0 aliphatic heterocycles. The Balaban J connectivity index is 2.63. The van der Waals surface area contributed by atoms with E-state index in [9.17, 15) is 14.4 Å². The molecule has 0 saturated heterocycles. The predicted octanol–water partition coefficient (Wildman–Crippen LogP) is -1.15. The van der Waals surface area contributed by atoms with E-state index in [1.807, 2.05) is 0 Å². The zero-order valence-electron chi connectivity index (χ0n) is 12.5. The molecule has 23 heavy (non-hydrogen) atoms. The number of amides is 1. The van der Waals surface area contributed by atoms with E-state index in [0.29, 0.717) is 18.7 Å². The average Bonchev–Trinajstić information content (AvgIpc) is 3.02. The molecule has 7 N–H and O–H groups in total. The Hall–Kier alpha value is -1.91. The van der Waals surface area contributed by atoms with Crippen molar-refractivity contribution in [3.05, 3.63) is 18.2 Å². The summed E-state index contributed by atoms with van der Waals surface area (Å²) >= 11 is 0.790. The van der Waals surface area contributed by atoms with Crippen LogP contribution < -0.4 is 16.8 Å². The molecular formula is C13H21N5O4S. The van der Waals surface area contributed by atoms with Gasteiger partial charge in [-0.2, -0.15) is 0 Å². The number of carbonyl (C=O) groups is 3. The molecule has 0 aromatic carbocycles. The quantitative estimate of drug-likeness (QED) is 0.355. The second kappa shape index (κ2) is 9.98. The second-order valence-electron chi connectivity index (χ2n) is 4.87. The Morgan fingerprint density at radius 2 is 2.17 bits per heavy atom. The fraction of sp³-hybridized carbons (Fsp3) is 0.538. The summed E-state index contributed by atoms with van der Waals surface area (Å²) in [5.74, 6) is -1.52. The number of imidazole rings is 1. The first-order valence-electron chi connectivity index (χ1n) is 7.05. The minimum atomic E-state index is -1.18. The number of carboxylic acid groups (broad SMARTS) is 1. The maximum absolute atomic E-state index is 12.2. The van der Waals surface area contributed by atoms with Gasteiger partial charge in [0.05, 0.1) is 6.33 Å². The molecule has 10 heteroatoms. The lowest BCUT2D eigenvalue weighted by Crippen LogP contribution is -2.42. The predicted molar refractivity (Wildman–Crippen MR) is 85.6 cm³/mol. The van der Waals surface area contributed by atoms with Crippen LogP contribution in [0.25, 0.3) is 0 Å². The highest BCUT2D eigenvalue weighted by Gasteiger charge is 2.24. The number of hydrogen-bond acceptors (Lipinski definition) is 7. The minimum Gasteiger partial charge on any atom is -0.480 e. The van der Waals surface area contributed by atoms with Crippen molar-refractivity contribution in [2.45, 2.75) is 31.3 Å². The molecule has 1 heterocycles. The van der Waals surface area contributed by atoms with Gasteiger partial charge in [-0.3, -0.25) is 14.4 Å². The monoisotopic (exact) mass is 343 g/mol. The summed E-state index contributed by atoms with van der Waals surface area (Å²) in [4.78, 5) is 41.5. The number of aliphatic carboxylic acids is 1. The Kier molecular flexibility index (Phi) is 8.30. The van der Waals surface area contributed by atoms with Gasteiger partial charge in [-0.05, 0) is 13.0 Å². The Labute approximate surface area is 137 Å². The van der Waals surface area contributed by atoms with Gasteiger partial charge in [0.1, 0.15) is 12.1 Å². The highest BCUT2D eigenvalue weighted by atomic mass is 32.2. The number of H-pyrrole nitrogens is 1. The van der Waals surface area contributed by atoms with E-state index in [1.165, 1.54) is 6.33 Å². The van der Waals surface area contributed by atoms with Crippen LogP contribution in [0, 0.1) is 0 Å². The zero-order chi connectivity index (χ0) is 17.2. The number of aromatic amines is 1. The van der Waals surface area contributed by atoms with E-state index in [-0.39, 0.29) is 29.6 Å². The molecule has 0 radical (unpaired) electrons. The maximum Gasteiger partial charge on any atom is 0.321 e. The molecule has 9 nitrogen and oxygen atoms in total. The largest absolute Gasteiger partial charge is 0.480 e. The second-order valence-corrected chi connectivity index (χ2v) is 5.89. The number of aromatic nitrogens is 2. The van der Waals surface area contributed by atoms with Crippen LogP contribution in [0.1, 0.15) is 18.5 Å². The van der Waals surface area contributed by atoms with Gasteiger partial charge in [0, 0.05) is 30.5 Å². The van der Waals surface area contributed by atoms with Crippen molar-refractivity contribution in [2.75, 3.05) is 12.3 Å². The number of nitrogens with one attached hydrogen (secondary N) is 2. The van der Waals surface area contributed by atoms with E-state index in [1.54, 1.807) is 6.20 Å². The molecule has 0 aliphatic rings. The number of rotatable bonds is 10. The van der Waals surface area contributed by atoms with Gasteiger partial charge in [0.25, 0.3) is 0 Å². The van der Waals surface area contributed by atoms with Crippen LogP contribution in [0.2, 0.25) is 0 Å². The third-order valence-corrected chi connectivity index (χ3v) is 4.02. The molecule has 0 saturated carbocycles. The lowest BCUT2D eigenvalue weighted by Gasteiger charge is -2.17. The Morgan fingerprint density at radius 3 is 2.74 bits per heavy atom. The summed E-state index contributed by atoms with van der Waals surface area (Å²) in [5, 5.41) is 11.0. The number of hydrogen-bond donors (Lipinski definition) is 5. The molecule has 2 unspecified atom stereocenters. The molecule has 128 valence electrons. The fourth-order valence-electron chi connectivity index (χ4n) is 1.68. The van der Waals surface area contributed by atoms with Crippen LogP contribution in [0.15, 0.2) is 12.5 Å². The first-order chi connectivity index (χ1) is 10.9. The average molecular weight is 343 g/mol. The molecule has 0 bridgehead atoms. The highest BCUT2D eigenvalue weighted by Crippen LogP contribution is 2.11. The standard InChI is InChI=1S/C13H21N5O4S/c14-3-1-2-11(19)18-10(4-8-5-16-7-17-8)13(22)23-6-9(15)12(20)21/h5,7,9-10H,1-4,6,14-15H2,(H,16,17)(H,18,19)(H,20,21). The van der Waals surface area contributed by atoms with Gasteiger partial charge in [0.2, 0.25) is 11.0 Å². The van der Waals surface area contributed by atoms with Crippen molar-refractivity contribution >= 4 is 28.8 Å². The summed E-state index contributed by atoms with van der Waals surface area (Å²) in [6.07, 6.45) is 4.01. The third kappa shape index (κ3) is 7.26. The van der Waals surface area contributed by atoms with E-state index in [4.69, 9.17) is 16.6 Å². The van der Waals surface area contributed by atoms with Gasteiger partial charge in [-0.15, -0.1) is 0 Å². The van der Waals surface area contributed by atoms with E-state index >= 15 is 0 Å². The highest BCUT2D eigenvalue weighted by molar-refractivity contribution is 8.13. The molecule has 0 spiro atoms.